The molecule has 0 amide bonds. The third-order valence-electron chi connectivity index (χ3n) is 0. The second-order valence-corrected chi connectivity index (χ2v) is 0. The summed E-state index contributed by atoms with van der Waals surface area (Å²) in [5.41, 5.74) is 0. The van der Waals surface area contributed by atoms with E-state index in [9.17, 15) is 0 Å². The molecule has 0 aromatic heterocycles. The van der Waals surface area contributed by atoms with Crippen LogP contribution < -0.4 is 0 Å². The molecule has 37 valence electrons. The zero-order chi connectivity index (χ0) is 2.00. The summed E-state index contributed by atoms with van der Waals surface area (Å²) in [5.74, 6) is 0. The Kier molecular flexibility index (Phi) is 545. The van der Waals surface area contributed by atoms with Crippen molar-refractivity contribution < 1.29 is 53.8 Å². The molecular formula is C4H11WY-. The van der Waals surface area contributed by atoms with E-state index in [1.807, 2.05) is 0 Å². The van der Waals surface area contributed by atoms with Crippen LogP contribution in [0.15, 0.2) is 0 Å². The molecule has 2 heteroatoms. The Balaban J connectivity index is -0.000000000833. The summed E-state index contributed by atoms with van der Waals surface area (Å²) in [7, 11) is 0. The average Bonchev–Trinajstić information content (AvgIpc) is 1.00. The van der Waals surface area contributed by atoms with Gasteiger partial charge in [-0.2, -0.15) is 6.92 Å². The average molecular weight is 332 g/mol. The van der Waals surface area contributed by atoms with E-state index in [1.165, 1.54) is 0 Å². The molecule has 0 aliphatic rings. The molecule has 0 aliphatic carbocycles. The van der Waals surface area contributed by atoms with Crippen molar-refractivity contribution >= 4 is 0 Å². The zero-order valence-corrected chi connectivity index (χ0v) is 10.5. The summed E-state index contributed by atoms with van der Waals surface area (Å²) in [6, 6.07) is 0. The molecule has 0 bridgehead atoms. The molecule has 0 aliphatic heterocycles. The van der Waals surface area contributed by atoms with E-state index in [4.69, 9.17) is 0 Å². The Bertz CT molecular complexity index is 7.51. The van der Waals surface area contributed by atoms with Gasteiger partial charge in [-0.05, 0) is 0 Å². The first-order chi connectivity index (χ1) is 1.00. The molecule has 0 heterocycles. The summed E-state index contributed by atoms with van der Waals surface area (Å²) in [4.78, 5) is 0. The van der Waals surface area contributed by atoms with Crippen LogP contribution in [-0.4, -0.2) is 0 Å². The van der Waals surface area contributed by atoms with Gasteiger partial charge in [0.25, 0.3) is 0 Å². The van der Waals surface area contributed by atoms with Crippen LogP contribution in [0.3, 0.4) is 0 Å². The molecule has 0 spiro atoms. The standard InChI is InChI=1S/C2H5.2CH3.W.Y/c1-2;;;;/h1H2,2H3;2*1H3;;/q3*-1;+2;. The van der Waals surface area contributed by atoms with Crippen molar-refractivity contribution in [2.75, 3.05) is 0 Å². The van der Waals surface area contributed by atoms with Crippen LogP contribution in [0.4, 0.5) is 0 Å². The summed E-state index contributed by atoms with van der Waals surface area (Å²) in [5, 5.41) is 0. The summed E-state index contributed by atoms with van der Waals surface area (Å²) < 4.78 is 0. The van der Waals surface area contributed by atoms with Crippen molar-refractivity contribution in [3.8, 4) is 0 Å². The van der Waals surface area contributed by atoms with Gasteiger partial charge in [0.15, 0.2) is 0 Å². The van der Waals surface area contributed by atoms with Crippen molar-refractivity contribution in [3.63, 3.8) is 0 Å². The summed E-state index contributed by atoms with van der Waals surface area (Å²) in [6.45, 7) is 5.00. The smallest absolute Gasteiger partial charge is 0.358 e. The maximum atomic E-state index is 3.25. The van der Waals surface area contributed by atoms with Crippen LogP contribution in [0, 0.1) is 21.8 Å². The van der Waals surface area contributed by atoms with Crippen LogP contribution in [-0.2, 0) is 53.8 Å². The minimum Gasteiger partial charge on any atom is -0.358 e. The van der Waals surface area contributed by atoms with Gasteiger partial charge in [0.05, 0.1) is 0 Å². The van der Waals surface area contributed by atoms with Gasteiger partial charge in [-0.15, -0.1) is 0 Å². The molecule has 0 unspecified atom stereocenters. The maximum Gasteiger partial charge on any atom is 2.00 e. The number of hydrogen-bond donors (Lipinski definition) is 0. The fraction of sp³-hybridized carbons (Fsp3) is 0.250. The Labute approximate surface area is 81.6 Å². The first-order valence-corrected chi connectivity index (χ1v) is 0.707. The Hall–Kier alpha value is 1.79. The third-order valence-corrected chi connectivity index (χ3v) is 0. The third kappa shape index (κ3) is 41.4. The Morgan fingerprint density at radius 3 is 1.00 bits per heavy atom. The van der Waals surface area contributed by atoms with E-state index >= 15 is 0 Å². The van der Waals surface area contributed by atoms with Gasteiger partial charge in [0.2, 0.25) is 0 Å². The molecule has 0 saturated heterocycles. The van der Waals surface area contributed by atoms with Crippen molar-refractivity contribution in [2.45, 2.75) is 6.92 Å². The predicted octanol–water partition coefficient (Wildman–Crippen LogP) is 1.74. The van der Waals surface area contributed by atoms with Crippen LogP contribution in [0.1, 0.15) is 6.92 Å². The number of hydrogen-bond acceptors (Lipinski definition) is 0. The fourth-order valence-corrected chi connectivity index (χ4v) is 0. The van der Waals surface area contributed by atoms with E-state index in [-0.39, 0.29) is 68.6 Å². The molecule has 6 heavy (non-hydrogen) atoms. The van der Waals surface area contributed by atoms with Crippen LogP contribution in [0.5, 0.6) is 0 Å². The first-order valence-electron chi connectivity index (χ1n) is 0.707. The minimum absolute atomic E-state index is 0. The quantitative estimate of drug-likeness (QED) is 0.593. The molecular weight excluding hydrogens is 321 g/mol. The van der Waals surface area contributed by atoms with E-state index in [1.54, 1.807) is 6.92 Å². The molecule has 0 aromatic carbocycles. The van der Waals surface area contributed by atoms with Gasteiger partial charge in [-0.25, -0.2) is 0 Å². The van der Waals surface area contributed by atoms with Crippen LogP contribution >= 0.6 is 0 Å². The predicted molar refractivity (Wildman–Crippen MR) is 23.9 cm³/mol. The molecule has 0 nitrogen and oxygen atoms in total. The normalized spacial score (nSPS) is 1.00. The van der Waals surface area contributed by atoms with Crippen LogP contribution in [0.25, 0.3) is 0 Å². The summed E-state index contributed by atoms with van der Waals surface area (Å²) >= 11 is 0. The molecule has 0 atom stereocenters. The molecule has 0 saturated carbocycles. The minimum atomic E-state index is 0. The monoisotopic (exact) mass is 332 g/mol. The second kappa shape index (κ2) is 70.9. The van der Waals surface area contributed by atoms with Crippen molar-refractivity contribution in [1.82, 2.24) is 0 Å². The van der Waals surface area contributed by atoms with E-state index in [0.717, 1.165) is 0 Å². The second-order valence-electron chi connectivity index (χ2n) is 0. The first kappa shape index (κ1) is 46.1. The van der Waals surface area contributed by atoms with Gasteiger partial charge in [0, 0.05) is 32.7 Å². The SMILES string of the molecule is [CH2-]C.[CH3-].[CH3-].[W+2].[Y]. The molecule has 0 N–H and O–H groups in total. The van der Waals surface area contributed by atoms with Gasteiger partial charge < -0.3 is 21.8 Å². The molecule has 0 rings (SSSR count). The summed E-state index contributed by atoms with van der Waals surface area (Å²) in [6.07, 6.45) is 0. The van der Waals surface area contributed by atoms with Gasteiger partial charge in [-0.1, -0.05) is 0 Å². The molecule has 0 fully saturated rings. The van der Waals surface area contributed by atoms with Gasteiger partial charge in [-0.3, -0.25) is 0 Å². The Morgan fingerprint density at radius 2 is 1.00 bits per heavy atom. The van der Waals surface area contributed by atoms with Gasteiger partial charge in [0.1, 0.15) is 0 Å². The largest absolute Gasteiger partial charge is 2.00 e. The van der Waals surface area contributed by atoms with E-state index in [2.05, 4.69) is 6.92 Å². The van der Waals surface area contributed by atoms with Crippen molar-refractivity contribution in [2.24, 2.45) is 0 Å². The topological polar surface area (TPSA) is 0 Å². The maximum absolute atomic E-state index is 3.25. The van der Waals surface area contributed by atoms with E-state index in [0.29, 0.717) is 0 Å². The van der Waals surface area contributed by atoms with E-state index < -0.39 is 0 Å². The number of rotatable bonds is 0. The zero-order valence-electron chi connectivity index (χ0n) is 4.69. The molecule has 1 radical (unpaired) electrons. The Morgan fingerprint density at radius 1 is 1.00 bits per heavy atom. The van der Waals surface area contributed by atoms with Crippen molar-refractivity contribution in [3.05, 3.63) is 21.8 Å². The van der Waals surface area contributed by atoms with Gasteiger partial charge >= 0.3 is 21.1 Å². The molecule has 0 aromatic rings. The van der Waals surface area contributed by atoms with Crippen LogP contribution in [0.2, 0.25) is 0 Å². The van der Waals surface area contributed by atoms with Crippen molar-refractivity contribution in [1.29, 1.82) is 0 Å². The fourth-order valence-electron chi connectivity index (χ4n) is 0.